The number of carboxylic acid groups (broad SMARTS) is 1. The second kappa shape index (κ2) is 5.53. The van der Waals surface area contributed by atoms with Crippen LogP contribution in [-0.4, -0.2) is 25.5 Å². The van der Waals surface area contributed by atoms with Crippen LogP contribution in [0.25, 0.3) is 0 Å². The van der Waals surface area contributed by atoms with Crippen molar-refractivity contribution in [3.05, 3.63) is 34.4 Å². The van der Waals surface area contributed by atoms with Crippen LogP contribution in [0.1, 0.15) is 13.3 Å². The summed E-state index contributed by atoms with van der Waals surface area (Å²) in [7, 11) is -1.70. The van der Waals surface area contributed by atoms with E-state index in [0.717, 1.165) is 0 Å². The van der Waals surface area contributed by atoms with Gasteiger partial charge in [-0.2, -0.15) is 0 Å². The summed E-state index contributed by atoms with van der Waals surface area (Å²) in [6, 6.07) is 5.64. The Morgan fingerprint density at radius 3 is 2.65 bits per heavy atom. The van der Waals surface area contributed by atoms with E-state index in [0.29, 0.717) is 0 Å². The standard InChI is InChI=1S/C10H11NO5S/c1-7(6-10(12)13)17(16)9-5-3-2-4-8(9)11(14)15/h2-5,7H,6H2,1H3,(H,12,13). The maximum absolute atomic E-state index is 11.9. The largest absolute Gasteiger partial charge is 0.481 e. The average Bonchev–Trinajstić information content (AvgIpc) is 2.27. The lowest BCUT2D eigenvalue weighted by atomic mass is 10.3. The number of benzene rings is 1. The van der Waals surface area contributed by atoms with Gasteiger partial charge in [-0.1, -0.05) is 12.1 Å². The first-order valence-electron chi connectivity index (χ1n) is 4.79. The van der Waals surface area contributed by atoms with Gasteiger partial charge in [0.1, 0.15) is 4.90 Å². The molecule has 0 spiro atoms. The van der Waals surface area contributed by atoms with Crippen LogP contribution < -0.4 is 0 Å². The van der Waals surface area contributed by atoms with Gasteiger partial charge in [0.05, 0.1) is 22.1 Å². The molecule has 2 unspecified atom stereocenters. The van der Waals surface area contributed by atoms with Crippen molar-refractivity contribution < 1.29 is 19.0 Å². The molecule has 17 heavy (non-hydrogen) atoms. The molecule has 0 bridgehead atoms. The molecule has 7 heteroatoms. The van der Waals surface area contributed by atoms with Gasteiger partial charge < -0.3 is 5.11 Å². The maximum Gasteiger partial charge on any atom is 0.304 e. The number of carboxylic acids is 1. The second-order valence-electron chi connectivity index (χ2n) is 3.43. The van der Waals surface area contributed by atoms with Crippen molar-refractivity contribution in [1.82, 2.24) is 0 Å². The molecule has 2 atom stereocenters. The number of nitrogens with zero attached hydrogens (tertiary/aromatic N) is 1. The number of nitro benzene ring substituents is 1. The Morgan fingerprint density at radius 1 is 1.53 bits per heavy atom. The Balaban J connectivity index is 3.04. The first-order valence-corrected chi connectivity index (χ1v) is 6.00. The average molecular weight is 257 g/mol. The predicted molar refractivity (Wildman–Crippen MR) is 61.2 cm³/mol. The maximum atomic E-state index is 11.9. The molecule has 0 saturated carbocycles. The van der Waals surface area contributed by atoms with Crippen molar-refractivity contribution in [3.63, 3.8) is 0 Å². The minimum Gasteiger partial charge on any atom is -0.481 e. The molecule has 1 rings (SSSR count). The van der Waals surface area contributed by atoms with Crippen LogP contribution >= 0.6 is 0 Å². The van der Waals surface area contributed by atoms with Crippen LogP contribution in [-0.2, 0) is 15.6 Å². The molecule has 6 nitrogen and oxygen atoms in total. The third kappa shape index (κ3) is 3.35. The molecule has 1 aromatic rings. The van der Waals surface area contributed by atoms with E-state index in [-0.39, 0.29) is 17.0 Å². The van der Waals surface area contributed by atoms with Crippen LogP contribution in [0.3, 0.4) is 0 Å². The van der Waals surface area contributed by atoms with Crippen molar-refractivity contribution in [2.75, 3.05) is 0 Å². The minimum absolute atomic E-state index is 0.0613. The van der Waals surface area contributed by atoms with Crippen molar-refractivity contribution in [2.45, 2.75) is 23.5 Å². The van der Waals surface area contributed by atoms with Crippen LogP contribution in [0.2, 0.25) is 0 Å². The zero-order chi connectivity index (χ0) is 13.0. The molecule has 0 aliphatic rings. The van der Waals surface area contributed by atoms with Gasteiger partial charge >= 0.3 is 5.97 Å². The molecule has 0 fully saturated rings. The highest BCUT2D eigenvalue weighted by Gasteiger charge is 2.23. The molecule has 1 aromatic carbocycles. The van der Waals surface area contributed by atoms with E-state index >= 15 is 0 Å². The van der Waals surface area contributed by atoms with Gasteiger partial charge in [0.2, 0.25) is 0 Å². The van der Waals surface area contributed by atoms with E-state index in [1.807, 2.05) is 0 Å². The van der Waals surface area contributed by atoms with Gasteiger partial charge in [-0.3, -0.25) is 19.1 Å². The molecule has 0 radical (unpaired) electrons. The monoisotopic (exact) mass is 257 g/mol. The Bertz CT molecular complexity index is 474. The SMILES string of the molecule is CC(CC(=O)O)S(=O)c1ccccc1[N+](=O)[O-]. The Hall–Kier alpha value is -1.76. The van der Waals surface area contributed by atoms with Crippen LogP contribution in [0.4, 0.5) is 5.69 Å². The summed E-state index contributed by atoms with van der Waals surface area (Å²) in [6.07, 6.45) is -0.293. The van der Waals surface area contributed by atoms with E-state index in [2.05, 4.69) is 0 Å². The predicted octanol–water partition coefficient (Wildman–Crippen LogP) is 1.57. The summed E-state index contributed by atoms with van der Waals surface area (Å²) in [5.74, 6) is -1.08. The van der Waals surface area contributed by atoms with Crippen molar-refractivity contribution in [2.24, 2.45) is 0 Å². The van der Waals surface area contributed by atoms with Gasteiger partial charge in [-0.25, -0.2) is 0 Å². The van der Waals surface area contributed by atoms with E-state index in [1.54, 1.807) is 0 Å². The minimum atomic E-state index is -1.70. The quantitative estimate of drug-likeness (QED) is 0.637. The topological polar surface area (TPSA) is 97.5 Å². The molecular weight excluding hydrogens is 246 g/mol. The van der Waals surface area contributed by atoms with E-state index in [9.17, 15) is 19.1 Å². The number of hydrogen-bond acceptors (Lipinski definition) is 4. The number of nitro groups is 1. The molecule has 92 valence electrons. The van der Waals surface area contributed by atoms with Gasteiger partial charge in [0.15, 0.2) is 0 Å². The van der Waals surface area contributed by atoms with E-state index in [4.69, 9.17) is 5.11 Å². The smallest absolute Gasteiger partial charge is 0.304 e. The Labute approximate surface area is 99.9 Å². The summed E-state index contributed by atoms with van der Waals surface area (Å²) in [6.45, 7) is 1.49. The van der Waals surface area contributed by atoms with Crippen LogP contribution in [0.5, 0.6) is 0 Å². The molecular formula is C10H11NO5S. The summed E-state index contributed by atoms with van der Waals surface area (Å²) in [5, 5.41) is 18.6. The van der Waals surface area contributed by atoms with E-state index in [1.165, 1.54) is 31.2 Å². The fraction of sp³-hybridized carbons (Fsp3) is 0.300. The molecule has 0 aliphatic heterocycles. The normalized spacial score (nSPS) is 13.9. The van der Waals surface area contributed by atoms with Crippen LogP contribution in [0.15, 0.2) is 29.2 Å². The fourth-order valence-corrected chi connectivity index (χ4v) is 2.61. The van der Waals surface area contributed by atoms with Gasteiger partial charge in [0.25, 0.3) is 5.69 Å². The van der Waals surface area contributed by atoms with Crippen molar-refractivity contribution in [3.8, 4) is 0 Å². The van der Waals surface area contributed by atoms with Crippen LogP contribution in [0, 0.1) is 10.1 Å². The lowest BCUT2D eigenvalue weighted by molar-refractivity contribution is -0.387. The van der Waals surface area contributed by atoms with Gasteiger partial charge in [-0.05, 0) is 13.0 Å². The zero-order valence-electron chi connectivity index (χ0n) is 9.03. The first kappa shape index (κ1) is 13.3. The summed E-state index contributed by atoms with van der Waals surface area (Å²) in [4.78, 5) is 20.7. The summed E-state index contributed by atoms with van der Waals surface area (Å²) in [5.41, 5.74) is -0.247. The highest BCUT2D eigenvalue weighted by Crippen LogP contribution is 2.24. The molecule has 0 aliphatic carbocycles. The van der Waals surface area contributed by atoms with E-state index < -0.39 is 26.9 Å². The molecule has 0 heterocycles. The van der Waals surface area contributed by atoms with Crippen molar-refractivity contribution >= 4 is 22.5 Å². The zero-order valence-corrected chi connectivity index (χ0v) is 9.85. The second-order valence-corrected chi connectivity index (χ2v) is 5.27. The number of aliphatic carboxylic acids is 1. The molecule has 0 aromatic heterocycles. The molecule has 0 saturated heterocycles. The van der Waals surface area contributed by atoms with Gasteiger partial charge in [0, 0.05) is 11.3 Å². The highest BCUT2D eigenvalue weighted by atomic mass is 32.2. The number of hydrogen-bond donors (Lipinski definition) is 1. The van der Waals surface area contributed by atoms with Gasteiger partial charge in [-0.15, -0.1) is 0 Å². The Morgan fingerprint density at radius 2 is 2.12 bits per heavy atom. The lowest BCUT2D eigenvalue weighted by Crippen LogP contribution is -2.16. The number of rotatable bonds is 5. The summed E-state index contributed by atoms with van der Waals surface area (Å²) < 4.78 is 11.9. The fourth-order valence-electron chi connectivity index (χ4n) is 1.32. The Kier molecular flexibility index (Phi) is 4.33. The molecule has 1 N–H and O–H groups in total. The molecule has 0 amide bonds. The number of para-hydroxylation sites is 1. The highest BCUT2D eigenvalue weighted by molar-refractivity contribution is 7.85. The lowest BCUT2D eigenvalue weighted by Gasteiger charge is -2.08. The summed E-state index contributed by atoms with van der Waals surface area (Å²) >= 11 is 0. The number of carbonyl (C=O) groups is 1. The third-order valence-corrected chi connectivity index (χ3v) is 3.78. The third-order valence-electron chi connectivity index (χ3n) is 2.11. The van der Waals surface area contributed by atoms with Crippen molar-refractivity contribution in [1.29, 1.82) is 0 Å². The first-order chi connectivity index (χ1) is 7.93.